The summed E-state index contributed by atoms with van der Waals surface area (Å²) in [6.45, 7) is -0.0204. The van der Waals surface area contributed by atoms with E-state index >= 15 is 0 Å². The van der Waals surface area contributed by atoms with Gasteiger partial charge in [0.05, 0.1) is 11.5 Å². The molecular formula is C12H10F2N4O3. The van der Waals surface area contributed by atoms with Crippen molar-refractivity contribution in [3.8, 4) is 0 Å². The lowest BCUT2D eigenvalue weighted by molar-refractivity contribution is -0.387. The average Bonchev–Trinajstić information content (AvgIpc) is 2.90. The molecule has 0 aliphatic carbocycles. The molecule has 2 aromatic rings. The summed E-state index contributed by atoms with van der Waals surface area (Å²) in [6, 6.07) is 1.36. The van der Waals surface area contributed by atoms with Gasteiger partial charge in [0.1, 0.15) is 17.2 Å². The molecule has 0 bridgehead atoms. The first-order chi connectivity index (χ1) is 9.91. The molecule has 1 heterocycles. The lowest BCUT2D eigenvalue weighted by Crippen LogP contribution is -2.28. The zero-order valence-electron chi connectivity index (χ0n) is 10.8. The Kier molecular flexibility index (Phi) is 3.92. The van der Waals surface area contributed by atoms with Gasteiger partial charge in [0, 0.05) is 25.5 Å². The van der Waals surface area contributed by atoms with Gasteiger partial charge in [0.15, 0.2) is 0 Å². The fraction of sp³-hybridized carbons (Fsp3) is 0.167. The summed E-state index contributed by atoms with van der Waals surface area (Å²) in [5, 5.41) is 10.6. The summed E-state index contributed by atoms with van der Waals surface area (Å²) in [7, 11) is 1.31. The second-order valence-corrected chi connectivity index (χ2v) is 4.21. The number of nitrogens with one attached hydrogen (secondary N) is 1. The van der Waals surface area contributed by atoms with Gasteiger partial charge < -0.3 is 9.88 Å². The second-order valence-electron chi connectivity index (χ2n) is 4.21. The van der Waals surface area contributed by atoms with Gasteiger partial charge in [-0.2, -0.15) is 4.39 Å². The highest BCUT2D eigenvalue weighted by Crippen LogP contribution is 2.24. The molecule has 0 spiro atoms. The summed E-state index contributed by atoms with van der Waals surface area (Å²) in [5.41, 5.74) is -1.91. The van der Waals surface area contributed by atoms with Crippen LogP contribution in [0, 0.1) is 21.7 Å². The van der Waals surface area contributed by atoms with Gasteiger partial charge >= 0.3 is 5.69 Å². The molecule has 0 atom stereocenters. The largest absolute Gasteiger partial charge is 0.347 e. The van der Waals surface area contributed by atoms with Gasteiger partial charge in [-0.3, -0.25) is 14.9 Å². The molecule has 21 heavy (non-hydrogen) atoms. The number of H-pyrrole nitrogens is 1. The molecule has 2 rings (SSSR count). The van der Waals surface area contributed by atoms with E-state index in [1.54, 1.807) is 0 Å². The van der Waals surface area contributed by atoms with Crippen molar-refractivity contribution in [2.45, 2.75) is 6.54 Å². The number of nitro benzene ring substituents is 1. The van der Waals surface area contributed by atoms with E-state index in [2.05, 4.69) is 9.97 Å². The highest BCUT2D eigenvalue weighted by atomic mass is 19.1. The van der Waals surface area contributed by atoms with E-state index in [4.69, 9.17) is 0 Å². The molecule has 0 saturated carbocycles. The van der Waals surface area contributed by atoms with E-state index in [0.29, 0.717) is 18.0 Å². The quantitative estimate of drug-likeness (QED) is 0.688. The molecule has 1 amide bonds. The molecule has 1 aromatic carbocycles. The van der Waals surface area contributed by atoms with Crippen molar-refractivity contribution >= 4 is 11.6 Å². The van der Waals surface area contributed by atoms with Crippen molar-refractivity contribution in [1.82, 2.24) is 14.9 Å². The van der Waals surface area contributed by atoms with Crippen LogP contribution < -0.4 is 0 Å². The maximum absolute atomic E-state index is 13.9. The average molecular weight is 296 g/mol. The maximum Gasteiger partial charge on any atom is 0.305 e. The molecular weight excluding hydrogens is 286 g/mol. The van der Waals surface area contributed by atoms with E-state index < -0.39 is 33.7 Å². The van der Waals surface area contributed by atoms with Crippen LogP contribution in [0.5, 0.6) is 0 Å². The number of benzene rings is 1. The number of nitrogens with zero attached hydrogens (tertiary/aromatic N) is 3. The van der Waals surface area contributed by atoms with Gasteiger partial charge in [-0.25, -0.2) is 9.37 Å². The van der Waals surface area contributed by atoms with Crippen LogP contribution in [-0.4, -0.2) is 32.7 Å². The number of carbonyl (C=O) groups excluding carboxylic acids is 1. The van der Waals surface area contributed by atoms with Crippen LogP contribution in [0.4, 0.5) is 14.5 Å². The van der Waals surface area contributed by atoms with Crippen molar-refractivity contribution < 1.29 is 18.5 Å². The molecule has 0 fully saturated rings. The van der Waals surface area contributed by atoms with Crippen LogP contribution in [-0.2, 0) is 6.54 Å². The minimum atomic E-state index is -1.49. The summed E-state index contributed by atoms with van der Waals surface area (Å²) in [4.78, 5) is 29.3. The highest BCUT2D eigenvalue weighted by molar-refractivity contribution is 5.95. The predicted octanol–water partition coefficient (Wildman–Crippen LogP) is 1.87. The molecule has 1 aromatic heterocycles. The zero-order chi connectivity index (χ0) is 15.6. The van der Waals surface area contributed by atoms with Crippen molar-refractivity contribution in [3.05, 3.63) is 57.7 Å². The number of amides is 1. The summed E-state index contributed by atoms with van der Waals surface area (Å²) < 4.78 is 27.6. The van der Waals surface area contributed by atoms with Gasteiger partial charge in [0.25, 0.3) is 5.91 Å². The summed E-state index contributed by atoms with van der Waals surface area (Å²) in [6.07, 6.45) is 2.99. The molecule has 0 aliphatic heterocycles. The van der Waals surface area contributed by atoms with E-state index in [9.17, 15) is 23.7 Å². The van der Waals surface area contributed by atoms with Crippen LogP contribution in [0.25, 0.3) is 0 Å². The number of carbonyl (C=O) groups is 1. The molecule has 110 valence electrons. The van der Waals surface area contributed by atoms with Crippen LogP contribution >= 0.6 is 0 Å². The van der Waals surface area contributed by atoms with Gasteiger partial charge in [-0.1, -0.05) is 0 Å². The Morgan fingerprint density at radius 3 is 2.76 bits per heavy atom. The number of nitro groups is 1. The molecule has 0 unspecified atom stereocenters. The number of imidazole rings is 1. The number of aromatic amines is 1. The number of hydrogen-bond acceptors (Lipinski definition) is 4. The summed E-state index contributed by atoms with van der Waals surface area (Å²) in [5.74, 6) is -3.24. The Bertz CT molecular complexity index is 688. The van der Waals surface area contributed by atoms with Crippen molar-refractivity contribution in [3.63, 3.8) is 0 Å². The summed E-state index contributed by atoms with van der Waals surface area (Å²) >= 11 is 0. The van der Waals surface area contributed by atoms with Crippen molar-refractivity contribution in [2.75, 3.05) is 7.05 Å². The standard InChI is InChI=1S/C12H10F2N4O3/c1-17(6-9-15-4-5-16-9)12(19)10-7(13)2-3-8(11(10)14)18(20)21/h2-5H,6H2,1H3,(H,15,16). The second kappa shape index (κ2) is 5.65. The fourth-order valence-corrected chi connectivity index (χ4v) is 1.75. The van der Waals surface area contributed by atoms with Gasteiger partial charge in [-0.05, 0) is 6.07 Å². The molecule has 0 aliphatic rings. The lowest BCUT2D eigenvalue weighted by atomic mass is 10.1. The Morgan fingerprint density at radius 2 is 2.19 bits per heavy atom. The number of aromatic nitrogens is 2. The lowest BCUT2D eigenvalue weighted by Gasteiger charge is -2.16. The molecule has 0 radical (unpaired) electrons. The fourth-order valence-electron chi connectivity index (χ4n) is 1.75. The van der Waals surface area contributed by atoms with Crippen LogP contribution in [0.1, 0.15) is 16.2 Å². The smallest absolute Gasteiger partial charge is 0.305 e. The van der Waals surface area contributed by atoms with E-state index in [-0.39, 0.29) is 6.54 Å². The molecule has 1 N–H and O–H groups in total. The normalized spacial score (nSPS) is 10.4. The van der Waals surface area contributed by atoms with Crippen molar-refractivity contribution in [1.29, 1.82) is 0 Å². The third-order valence-corrected chi connectivity index (χ3v) is 2.77. The van der Waals surface area contributed by atoms with E-state index in [1.165, 1.54) is 19.4 Å². The van der Waals surface area contributed by atoms with Crippen LogP contribution in [0.15, 0.2) is 24.5 Å². The van der Waals surface area contributed by atoms with E-state index in [1.807, 2.05) is 0 Å². The molecule has 7 nitrogen and oxygen atoms in total. The predicted molar refractivity (Wildman–Crippen MR) is 67.4 cm³/mol. The van der Waals surface area contributed by atoms with Gasteiger partial charge in [0.2, 0.25) is 5.82 Å². The van der Waals surface area contributed by atoms with Gasteiger partial charge in [-0.15, -0.1) is 0 Å². The Hall–Kier alpha value is -2.84. The minimum absolute atomic E-state index is 0.0204. The number of halogens is 2. The molecule has 9 heteroatoms. The van der Waals surface area contributed by atoms with Crippen LogP contribution in [0.2, 0.25) is 0 Å². The van der Waals surface area contributed by atoms with Crippen LogP contribution in [0.3, 0.4) is 0 Å². The third kappa shape index (κ3) is 2.86. The number of rotatable bonds is 4. The zero-order valence-corrected chi connectivity index (χ0v) is 10.8. The Morgan fingerprint density at radius 1 is 1.48 bits per heavy atom. The third-order valence-electron chi connectivity index (χ3n) is 2.77. The maximum atomic E-state index is 13.9. The topological polar surface area (TPSA) is 92.1 Å². The van der Waals surface area contributed by atoms with E-state index in [0.717, 1.165) is 4.90 Å². The first kappa shape index (κ1) is 14.6. The highest BCUT2D eigenvalue weighted by Gasteiger charge is 2.28. The Balaban J connectivity index is 2.34. The van der Waals surface area contributed by atoms with Crippen molar-refractivity contribution in [2.24, 2.45) is 0 Å². The minimum Gasteiger partial charge on any atom is -0.347 e. The first-order valence-electron chi connectivity index (χ1n) is 5.78. The monoisotopic (exact) mass is 296 g/mol. The Labute approximate surface area is 117 Å². The molecule has 0 saturated heterocycles. The first-order valence-corrected chi connectivity index (χ1v) is 5.78. The SMILES string of the molecule is CN(Cc1ncc[nH]1)C(=O)c1c(F)ccc([N+](=O)[O-])c1F. The number of hydrogen-bond donors (Lipinski definition) is 1.